The molecule has 1 unspecified atom stereocenters. The number of carbonyl (C=O) groups excluding carboxylic acids is 1. The lowest BCUT2D eigenvalue weighted by atomic mass is 10.2. The first-order valence-corrected chi connectivity index (χ1v) is 5.31. The number of aliphatic carboxylic acids is 1. The molecule has 0 aromatic rings. The standard InChI is InChI=1S/C11H16N2O4/c1-3-8-9(4-10(14)13-8)17-6-7(2)12-5-11(15)16/h4,8,12H,2-3,5-6H2,1H3,(H,13,14)(H,15,16). The van der Waals surface area contributed by atoms with Gasteiger partial charge in [0.05, 0.1) is 6.04 Å². The first-order chi connectivity index (χ1) is 8.02. The number of rotatable bonds is 7. The fourth-order valence-electron chi connectivity index (χ4n) is 1.38. The van der Waals surface area contributed by atoms with Crippen molar-refractivity contribution in [2.45, 2.75) is 19.4 Å². The Morgan fingerprint density at radius 1 is 1.71 bits per heavy atom. The smallest absolute Gasteiger partial charge is 0.322 e. The first kappa shape index (κ1) is 13.1. The van der Waals surface area contributed by atoms with Crippen molar-refractivity contribution in [3.8, 4) is 0 Å². The van der Waals surface area contributed by atoms with Gasteiger partial charge in [-0.05, 0) is 6.42 Å². The van der Waals surface area contributed by atoms with Crippen LogP contribution in [0.25, 0.3) is 0 Å². The van der Waals surface area contributed by atoms with Crippen LogP contribution < -0.4 is 10.6 Å². The van der Waals surface area contributed by atoms with Gasteiger partial charge >= 0.3 is 5.97 Å². The van der Waals surface area contributed by atoms with Gasteiger partial charge in [0.25, 0.3) is 0 Å². The summed E-state index contributed by atoms with van der Waals surface area (Å²) in [5.41, 5.74) is 0.461. The quantitative estimate of drug-likeness (QED) is 0.582. The van der Waals surface area contributed by atoms with Gasteiger partial charge in [-0.3, -0.25) is 9.59 Å². The summed E-state index contributed by atoms with van der Waals surface area (Å²) in [4.78, 5) is 21.4. The van der Waals surface area contributed by atoms with Gasteiger partial charge in [-0.2, -0.15) is 0 Å². The molecule has 1 aliphatic rings. The maximum absolute atomic E-state index is 11.1. The zero-order valence-electron chi connectivity index (χ0n) is 9.66. The molecule has 3 N–H and O–H groups in total. The topological polar surface area (TPSA) is 87.7 Å². The van der Waals surface area contributed by atoms with E-state index in [2.05, 4.69) is 17.2 Å². The molecule has 0 saturated heterocycles. The van der Waals surface area contributed by atoms with Crippen molar-refractivity contribution >= 4 is 11.9 Å². The highest BCUT2D eigenvalue weighted by atomic mass is 16.5. The normalized spacial score (nSPS) is 18.3. The van der Waals surface area contributed by atoms with Gasteiger partial charge in [0.15, 0.2) is 0 Å². The predicted molar refractivity (Wildman–Crippen MR) is 61.0 cm³/mol. The molecule has 0 aromatic carbocycles. The Hall–Kier alpha value is -1.98. The average Bonchev–Trinajstić information content (AvgIpc) is 2.64. The Labute approximate surface area is 99.3 Å². The van der Waals surface area contributed by atoms with Gasteiger partial charge in [-0.1, -0.05) is 13.5 Å². The molecule has 0 spiro atoms. The number of carboxylic acid groups (broad SMARTS) is 1. The predicted octanol–water partition coefficient (Wildman–Crippen LogP) is -0.0168. The Kier molecular flexibility index (Phi) is 4.56. The van der Waals surface area contributed by atoms with Crippen LogP contribution in [0.1, 0.15) is 13.3 Å². The molecule has 1 amide bonds. The summed E-state index contributed by atoms with van der Waals surface area (Å²) >= 11 is 0. The highest BCUT2D eigenvalue weighted by Crippen LogP contribution is 2.14. The van der Waals surface area contributed by atoms with Crippen LogP contribution >= 0.6 is 0 Å². The van der Waals surface area contributed by atoms with E-state index in [9.17, 15) is 9.59 Å². The molecule has 0 aromatic heterocycles. The highest BCUT2D eigenvalue weighted by Gasteiger charge is 2.23. The minimum Gasteiger partial charge on any atom is -0.489 e. The summed E-state index contributed by atoms with van der Waals surface area (Å²) in [6.45, 7) is 5.51. The van der Waals surface area contributed by atoms with E-state index in [4.69, 9.17) is 9.84 Å². The van der Waals surface area contributed by atoms with Crippen molar-refractivity contribution in [1.82, 2.24) is 10.6 Å². The summed E-state index contributed by atoms with van der Waals surface area (Å²) in [6.07, 6.45) is 2.14. The monoisotopic (exact) mass is 240 g/mol. The van der Waals surface area contributed by atoms with Crippen molar-refractivity contribution in [1.29, 1.82) is 0 Å². The molecule has 6 nitrogen and oxygen atoms in total. The third kappa shape index (κ3) is 4.18. The second-order valence-corrected chi connectivity index (χ2v) is 3.66. The summed E-state index contributed by atoms with van der Waals surface area (Å²) in [5.74, 6) is -0.568. The molecule has 0 saturated carbocycles. The molecule has 0 aliphatic carbocycles. The van der Waals surface area contributed by atoms with Gasteiger partial charge in [0, 0.05) is 11.8 Å². The second-order valence-electron chi connectivity index (χ2n) is 3.66. The second kappa shape index (κ2) is 5.93. The van der Waals surface area contributed by atoms with Crippen LogP contribution in [-0.4, -0.2) is 36.2 Å². The maximum Gasteiger partial charge on any atom is 0.322 e. The number of ether oxygens (including phenoxy) is 1. The summed E-state index contributed by atoms with van der Waals surface area (Å²) in [5, 5.41) is 13.8. The van der Waals surface area contributed by atoms with E-state index in [0.717, 1.165) is 6.42 Å². The number of amides is 1. The number of nitrogens with one attached hydrogen (secondary N) is 2. The van der Waals surface area contributed by atoms with Gasteiger partial charge < -0.3 is 20.5 Å². The van der Waals surface area contributed by atoms with Crippen LogP contribution in [0, 0.1) is 0 Å². The lowest BCUT2D eigenvalue weighted by molar-refractivity contribution is -0.135. The molecule has 94 valence electrons. The largest absolute Gasteiger partial charge is 0.489 e. The van der Waals surface area contributed by atoms with E-state index < -0.39 is 5.97 Å². The van der Waals surface area contributed by atoms with E-state index in [-0.39, 0.29) is 25.1 Å². The molecule has 1 heterocycles. The minimum atomic E-state index is -0.963. The van der Waals surface area contributed by atoms with E-state index in [1.807, 2.05) is 6.92 Å². The van der Waals surface area contributed by atoms with E-state index >= 15 is 0 Å². The summed E-state index contributed by atoms with van der Waals surface area (Å²) in [7, 11) is 0. The Bertz CT molecular complexity index is 362. The zero-order chi connectivity index (χ0) is 12.8. The molecule has 0 fully saturated rings. The zero-order valence-corrected chi connectivity index (χ0v) is 9.66. The Balaban J connectivity index is 2.35. The molecular formula is C11H16N2O4. The minimum absolute atomic E-state index is 0.102. The van der Waals surface area contributed by atoms with E-state index in [1.165, 1.54) is 6.08 Å². The van der Waals surface area contributed by atoms with Crippen LogP contribution in [0.15, 0.2) is 24.1 Å². The van der Waals surface area contributed by atoms with Crippen LogP contribution in [0.3, 0.4) is 0 Å². The van der Waals surface area contributed by atoms with Crippen molar-refractivity contribution in [2.75, 3.05) is 13.2 Å². The molecule has 0 bridgehead atoms. The Morgan fingerprint density at radius 2 is 2.41 bits per heavy atom. The number of hydrogen-bond acceptors (Lipinski definition) is 4. The van der Waals surface area contributed by atoms with Crippen molar-refractivity contribution in [3.05, 3.63) is 24.1 Å². The average molecular weight is 240 g/mol. The maximum atomic E-state index is 11.1. The fourth-order valence-corrected chi connectivity index (χ4v) is 1.38. The van der Waals surface area contributed by atoms with Crippen molar-refractivity contribution in [2.24, 2.45) is 0 Å². The van der Waals surface area contributed by atoms with Crippen molar-refractivity contribution < 1.29 is 19.4 Å². The van der Waals surface area contributed by atoms with Crippen molar-refractivity contribution in [3.63, 3.8) is 0 Å². The van der Waals surface area contributed by atoms with Crippen LogP contribution in [0.5, 0.6) is 0 Å². The third-order valence-electron chi connectivity index (χ3n) is 2.24. The molecule has 0 radical (unpaired) electrons. The van der Waals surface area contributed by atoms with Gasteiger partial charge in [0.1, 0.15) is 18.9 Å². The fraction of sp³-hybridized carbons (Fsp3) is 0.455. The third-order valence-corrected chi connectivity index (χ3v) is 2.24. The number of hydrogen-bond donors (Lipinski definition) is 3. The van der Waals surface area contributed by atoms with Crippen LogP contribution in [0.2, 0.25) is 0 Å². The molecule has 17 heavy (non-hydrogen) atoms. The Morgan fingerprint density at radius 3 is 3.00 bits per heavy atom. The lowest BCUT2D eigenvalue weighted by Gasteiger charge is -2.15. The summed E-state index contributed by atoms with van der Waals surface area (Å²) in [6, 6.07) is -0.102. The molecule has 1 rings (SSSR count). The summed E-state index contributed by atoms with van der Waals surface area (Å²) < 4.78 is 5.39. The highest BCUT2D eigenvalue weighted by molar-refractivity contribution is 5.91. The first-order valence-electron chi connectivity index (χ1n) is 5.31. The lowest BCUT2D eigenvalue weighted by Crippen LogP contribution is -2.29. The molecular weight excluding hydrogens is 224 g/mol. The van der Waals surface area contributed by atoms with Crippen LogP contribution in [-0.2, 0) is 14.3 Å². The van der Waals surface area contributed by atoms with E-state index in [1.54, 1.807) is 0 Å². The van der Waals surface area contributed by atoms with Gasteiger partial charge in [-0.25, -0.2) is 0 Å². The molecule has 1 aliphatic heterocycles. The van der Waals surface area contributed by atoms with Gasteiger partial charge in [0.2, 0.25) is 5.91 Å². The van der Waals surface area contributed by atoms with Crippen LogP contribution in [0.4, 0.5) is 0 Å². The van der Waals surface area contributed by atoms with E-state index in [0.29, 0.717) is 11.5 Å². The number of carbonyl (C=O) groups is 2. The molecule has 6 heteroatoms. The molecule has 1 atom stereocenters. The SMILES string of the molecule is C=C(COC1=CC(=O)NC1CC)NCC(=O)O. The number of carboxylic acids is 1. The van der Waals surface area contributed by atoms with Gasteiger partial charge in [-0.15, -0.1) is 0 Å².